The topological polar surface area (TPSA) is 70.3 Å². The van der Waals surface area contributed by atoms with Crippen LogP contribution < -0.4 is 4.74 Å². The summed E-state index contributed by atoms with van der Waals surface area (Å²) < 4.78 is 5.75. The number of allylic oxidation sites excluding steroid dienone is 1. The van der Waals surface area contributed by atoms with Crippen molar-refractivity contribution in [2.24, 2.45) is 0 Å². The van der Waals surface area contributed by atoms with Crippen LogP contribution in [0.25, 0.3) is 11.6 Å². The first kappa shape index (κ1) is 20.5. The highest BCUT2D eigenvalue weighted by Gasteiger charge is 2.11. The number of hydrogen-bond acceptors (Lipinski definition) is 3. The minimum Gasteiger partial charge on any atom is -0.486 e. The fourth-order valence-electron chi connectivity index (χ4n) is 2.67. The Labute approximate surface area is 178 Å². The molecule has 0 aromatic heterocycles. The maximum absolute atomic E-state index is 11.0. The van der Waals surface area contributed by atoms with Crippen LogP contribution in [0.1, 0.15) is 27.0 Å². The standard InChI is InChI=1S/C23H15Cl2NO3/c24-20-11-16(10-19(13-26)17-6-8-18(9-7-17)23(27)28)12-21(25)22(20)29-14-15-4-2-1-3-5-15/h1-12H,14H2,(H,27,28)/b19-10-. The van der Waals surface area contributed by atoms with Crippen molar-refractivity contribution in [3.05, 3.63) is 99.0 Å². The molecule has 0 fully saturated rings. The predicted molar refractivity (Wildman–Crippen MR) is 114 cm³/mol. The third-order valence-electron chi connectivity index (χ3n) is 4.12. The first-order valence-electron chi connectivity index (χ1n) is 8.59. The van der Waals surface area contributed by atoms with Crippen LogP contribution in [0.4, 0.5) is 0 Å². The van der Waals surface area contributed by atoms with Crippen LogP contribution in [0, 0.1) is 11.3 Å². The number of carboxylic acids is 1. The number of hydrogen-bond donors (Lipinski definition) is 1. The maximum atomic E-state index is 11.0. The normalized spacial score (nSPS) is 11.0. The molecule has 0 bridgehead atoms. The van der Waals surface area contributed by atoms with Gasteiger partial charge in [0.05, 0.1) is 27.3 Å². The molecule has 0 aliphatic rings. The molecule has 29 heavy (non-hydrogen) atoms. The van der Waals surface area contributed by atoms with Gasteiger partial charge in [0, 0.05) is 0 Å². The Morgan fingerprint density at radius 3 is 2.14 bits per heavy atom. The van der Waals surface area contributed by atoms with Crippen molar-refractivity contribution < 1.29 is 14.6 Å². The SMILES string of the molecule is N#C/C(=C/c1cc(Cl)c(OCc2ccccc2)c(Cl)c1)c1ccc(C(=O)O)cc1. The van der Waals surface area contributed by atoms with Gasteiger partial charge in [-0.3, -0.25) is 0 Å². The zero-order chi connectivity index (χ0) is 20.8. The minimum atomic E-state index is -1.02. The van der Waals surface area contributed by atoms with Gasteiger partial charge in [0.25, 0.3) is 0 Å². The van der Waals surface area contributed by atoms with Crippen LogP contribution in [0.5, 0.6) is 5.75 Å². The zero-order valence-corrected chi connectivity index (χ0v) is 16.6. The van der Waals surface area contributed by atoms with E-state index in [-0.39, 0.29) is 5.56 Å². The highest BCUT2D eigenvalue weighted by Crippen LogP contribution is 2.36. The Morgan fingerprint density at radius 2 is 1.59 bits per heavy atom. The van der Waals surface area contributed by atoms with E-state index >= 15 is 0 Å². The third-order valence-corrected chi connectivity index (χ3v) is 4.68. The van der Waals surface area contributed by atoms with Gasteiger partial charge in [-0.1, -0.05) is 65.7 Å². The average Bonchev–Trinajstić information content (AvgIpc) is 2.72. The van der Waals surface area contributed by atoms with E-state index in [1.165, 1.54) is 12.1 Å². The lowest BCUT2D eigenvalue weighted by Crippen LogP contribution is -1.97. The summed E-state index contributed by atoms with van der Waals surface area (Å²) in [5.74, 6) is -0.651. The van der Waals surface area contributed by atoms with Crippen molar-refractivity contribution in [2.75, 3.05) is 0 Å². The molecule has 3 aromatic carbocycles. The van der Waals surface area contributed by atoms with Crippen molar-refractivity contribution in [1.82, 2.24) is 0 Å². The van der Waals surface area contributed by atoms with Gasteiger partial charge in [-0.25, -0.2) is 4.79 Å². The lowest BCUT2D eigenvalue weighted by Gasteiger charge is -2.11. The number of nitriles is 1. The lowest BCUT2D eigenvalue weighted by molar-refractivity contribution is 0.0697. The number of ether oxygens (including phenoxy) is 1. The maximum Gasteiger partial charge on any atom is 0.335 e. The number of nitrogens with zero attached hydrogens (tertiary/aromatic N) is 1. The molecule has 0 amide bonds. The summed E-state index contributed by atoms with van der Waals surface area (Å²) in [4.78, 5) is 11.0. The molecule has 0 aliphatic heterocycles. The number of carbonyl (C=O) groups is 1. The molecule has 0 spiro atoms. The van der Waals surface area contributed by atoms with Crippen LogP contribution >= 0.6 is 23.2 Å². The highest BCUT2D eigenvalue weighted by atomic mass is 35.5. The van der Waals surface area contributed by atoms with E-state index in [0.717, 1.165) is 5.56 Å². The van der Waals surface area contributed by atoms with Crippen LogP contribution in [0.15, 0.2) is 66.7 Å². The Kier molecular flexibility index (Phi) is 6.56. The summed E-state index contributed by atoms with van der Waals surface area (Å²) in [5.41, 5.74) is 2.71. The highest BCUT2D eigenvalue weighted by molar-refractivity contribution is 6.37. The van der Waals surface area contributed by atoms with E-state index in [2.05, 4.69) is 6.07 Å². The van der Waals surface area contributed by atoms with E-state index < -0.39 is 5.97 Å². The zero-order valence-electron chi connectivity index (χ0n) is 15.1. The molecular formula is C23H15Cl2NO3. The first-order valence-corrected chi connectivity index (χ1v) is 9.35. The number of carboxylic acid groups (broad SMARTS) is 1. The van der Waals surface area contributed by atoms with Gasteiger partial charge in [0.2, 0.25) is 0 Å². The van der Waals surface area contributed by atoms with Gasteiger partial charge in [-0.2, -0.15) is 5.26 Å². The summed E-state index contributed by atoms with van der Waals surface area (Å²) in [6.45, 7) is 0.328. The van der Waals surface area contributed by atoms with Crippen LogP contribution in [0.2, 0.25) is 10.0 Å². The van der Waals surface area contributed by atoms with E-state index in [0.29, 0.717) is 39.1 Å². The Hall–Kier alpha value is -3.26. The molecule has 3 aromatic rings. The van der Waals surface area contributed by atoms with Gasteiger partial charge < -0.3 is 9.84 Å². The monoisotopic (exact) mass is 423 g/mol. The lowest BCUT2D eigenvalue weighted by atomic mass is 10.0. The number of halogens is 2. The van der Waals surface area contributed by atoms with E-state index in [1.807, 2.05) is 30.3 Å². The minimum absolute atomic E-state index is 0.150. The molecule has 0 heterocycles. The van der Waals surface area contributed by atoms with Crippen molar-refractivity contribution in [2.45, 2.75) is 6.61 Å². The predicted octanol–water partition coefficient (Wildman–Crippen LogP) is 6.33. The second-order valence-corrected chi connectivity index (χ2v) is 6.95. The molecule has 144 valence electrons. The van der Waals surface area contributed by atoms with Crippen LogP contribution in [0.3, 0.4) is 0 Å². The quantitative estimate of drug-likeness (QED) is 0.371. The summed E-state index contributed by atoms with van der Waals surface area (Å²) in [5, 5.41) is 19.2. The first-order chi connectivity index (χ1) is 14.0. The summed E-state index contributed by atoms with van der Waals surface area (Å²) in [6.07, 6.45) is 1.63. The molecule has 4 nitrogen and oxygen atoms in total. The number of rotatable bonds is 6. The fourth-order valence-corrected chi connectivity index (χ4v) is 3.28. The van der Waals surface area contributed by atoms with Crippen molar-refractivity contribution >= 4 is 40.8 Å². The molecule has 0 saturated carbocycles. The Morgan fingerprint density at radius 1 is 1.00 bits per heavy atom. The van der Waals surface area contributed by atoms with Crippen molar-refractivity contribution in [3.63, 3.8) is 0 Å². The van der Waals surface area contributed by atoms with Crippen molar-refractivity contribution in [1.29, 1.82) is 5.26 Å². The van der Waals surface area contributed by atoms with Crippen molar-refractivity contribution in [3.8, 4) is 11.8 Å². The molecule has 0 radical (unpaired) electrons. The largest absolute Gasteiger partial charge is 0.486 e. The smallest absolute Gasteiger partial charge is 0.335 e. The van der Waals surface area contributed by atoms with Crippen LogP contribution in [-0.2, 0) is 6.61 Å². The van der Waals surface area contributed by atoms with Gasteiger partial charge in [0.15, 0.2) is 5.75 Å². The molecule has 0 saturated heterocycles. The average molecular weight is 424 g/mol. The second kappa shape index (κ2) is 9.29. The summed E-state index contributed by atoms with van der Waals surface area (Å²) in [6, 6.07) is 21.1. The van der Waals surface area contributed by atoms with E-state index in [9.17, 15) is 10.1 Å². The molecule has 1 N–H and O–H groups in total. The molecule has 0 atom stereocenters. The summed E-state index contributed by atoms with van der Waals surface area (Å²) in [7, 11) is 0. The Balaban J connectivity index is 1.84. The van der Waals surface area contributed by atoms with E-state index in [4.69, 9.17) is 33.0 Å². The second-order valence-electron chi connectivity index (χ2n) is 6.14. The van der Waals surface area contributed by atoms with Gasteiger partial charge in [-0.15, -0.1) is 0 Å². The molecule has 3 rings (SSSR count). The van der Waals surface area contributed by atoms with Gasteiger partial charge >= 0.3 is 5.97 Å². The Bertz CT molecular complexity index is 1080. The van der Waals surface area contributed by atoms with E-state index in [1.54, 1.807) is 30.3 Å². The molecular weight excluding hydrogens is 409 g/mol. The summed E-state index contributed by atoms with van der Waals surface area (Å²) >= 11 is 12.7. The van der Waals surface area contributed by atoms with Crippen LogP contribution in [-0.4, -0.2) is 11.1 Å². The molecule has 6 heteroatoms. The molecule has 0 aliphatic carbocycles. The molecule has 0 unspecified atom stereocenters. The number of benzene rings is 3. The third kappa shape index (κ3) is 5.17. The number of aromatic carboxylic acids is 1. The van der Waals surface area contributed by atoms with Gasteiger partial charge in [-0.05, 0) is 47.0 Å². The van der Waals surface area contributed by atoms with Gasteiger partial charge in [0.1, 0.15) is 6.61 Å². The fraction of sp³-hybridized carbons (Fsp3) is 0.0435.